The summed E-state index contributed by atoms with van der Waals surface area (Å²) in [5, 5.41) is -0.467. The van der Waals surface area contributed by atoms with E-state index in [1.165, 1.54) is 0 Å². The quantitative estimate of drug-likeness (QED) is 0.784. The molecule has 0 saturated heterocycles. The second-order valence-corrected chi connectivity index (χ2v) is 5.01. The van der Waals surface area contributed by atoms with Crippen molar-refractivity contribution in [2.75, 3.05) is 7.05 Å². The Morgan fingerprint density at radius 1 is 1.47 bits per heavy atom. The highest BCUT2D eigenvalue weighted by molar-refractivity contribution is 9.10. The Bertz CT molecular complexity index is 337. The van der Waals surface area contributed by atoms with Crippen molar-refractivity contribution in [1.82, 2.24) is 4.90 Å². The number of benzene rings is 1. The molecule has 82 valence electrons. The summed E-state index contributed by atoms with van der Waals surface area (Å²) in [4.78, 5) is 13.1. The standard InChI is InChI=1S/C11H13BrClNO/c1-8(13)11(15)14(2)7-9-3-5-10(12)6-4-9/h3-6,8H,7H2,1-2H3/t8-/m0/s1. The Hall–Kier alpha value is -0.540. The fraction of sp³-hybridized carbons (Fsp3) is 0.364. The fourth-order valence-corrected chi connectivity index (χ4v) is 1.68. The number of carbonyl (C=O) groups is 1. The molecule has 0 aliphatic heterocycles. The van der Waals surface area contributed by atoms with Gasteiger partial charge in [-0.1, -0.05) is 28.1 Å². The molecule has 2 nitrogen and oxygen atoms in total. The lowest BCUT2D eigenvalue weighted by Gasteiger charge is -2.18. The zero-order valence-electron chi connectivity index (χ0n) is 8.71. The number of hydrogen-bond acceptors (Lipinski definition) is 1. The largest absolute Gasteiger partial charge is 0.340 e. The first-order valence-electron chi connectivity index (χ1n) is 4.64. The molecule has 0 aliphatic rings. The van der Waals surface area contributed by atoms with E-state index in [4.69, 9.17) is 11.6 Å². The summed E-state index contributed by atoms with van der Waals surface area (Å²) in [5.41, 5.74) is 1.09. The van der Waals surface area contributed by atoms with E-state index in [0.717, 1.165) is 10.0 Å². The van der Waals surface area contributed by atoms with Crippen molar-refractivity contribution >= 4 is 33.4 Å². The van der Waals surface area contributed by atoms with E-state index in [1.54, 1.807) is 18.9 Å². The number of nitrogens with zero attached hydrogens (tertiary/aromatic N) is 1. The minimum Gasteiger partial charge on any atom is -0.340 e. The molecule has 4 heteroatoms. The number of hydrogen-bond donors (Lipinski definition) is 0. The Morgan fingerprint density at radius 3 is 2.47 bits per heavy atom. The van der Waals surface area contributed by atoms with Crippen molar-refractivity contribution in [2.45, 2.75) is 18.8 Å². The van der Waals surface area contributed by atoms with Crippen LogP contribution in [0.1, 0.15) is 12.5 Å². The number of rotatable bonds is 3. The van der Waals surface area contributed by atoms with Crippen molar-refractivity contribution in [2.24, 2.45) is 0 Å². The maximum Gasteiger partial charge on any atom is 0.240 e. The van der Waals surface area contributed by atoms with Gasteiger partial charge in [0, 0.05) is 18.1 Å². The third-order valence-electron chi connectivity index (χ3n) is 2.05. The molecular formula is C11H13BrClNO. The van der Waals surface area contributed by atoms with Gasteiger partial charge in [-0.2, -0.15) is 0 Å². The van der Waals surface area contributed by atoms with Crippen molar-refractivity contribution in [1.29, 1.82) is 0 Å². The average Bonchev–Trinajstić information content (AvgIpc) is 2.20. The van der Waals surface area contributed by atoms with Crippen molar-refractivity contribution in [3.8, 4) is 0 Å². The van der Waals surface area contributed by atoms with Crippen LogP contribution in [0.4, 0.5) is 0 Å². The molecular weight excluding hydrogens is 277 g/mol. The smallest absolute Gasteiger partial charge is 0.240 e. The van der Waals surface area contributed by atoms with Crippen LogP contribution in [0.5, 0.6) is 0 Å². The van der Waals surface area contributed by atoms with Crippen LogP contribution >= 0.6 is 27.5 Å². The Kier molecular flexibility index (Phi) is 4.61. The Morgan fingerprint density at radius 2 is 2.00 bits per heavy atom. The molecule has 15 heavy (non-hydrogen) atoms. The van der Waals surface area contributed by atoms with Gasteiger partial charge in [-0.15, -0.1) is 11.6 Å². The fourth-order valence-electron chi connectivity index (χ4n) is 1.25. The summed E-state index contributed by atoms with van der Waals surface area (Å²) in [6.45, 7) is 2.27. The lowest BCUT2D eigenvalue weighted by Crippen LogP contribution is -2.31. The molecule has 0 radical (unpaired) electrons. The molecule has 0 N–H and O–H groups in total. The van der Waals surface area contributed by atoms with Crippen molar-refractivity contribution in [3.05, 3.63) is 34.3 Å². The van der Waals surface area contributed by atoms with Gasteiger partial charge in [-0.05, 0) is 24.6 Å². The molecule has 0 aliphatic carbocycles. The summed E-state index contributed by atoms with van der Waals surface area (Å²) in [6, 6.07) is 7.87. The van der Waals surface area contributed by atoms with E-state index >= 15 is 0 Å². The second-order valence-electron chi connectivity index (χ2n) is 3.44. The molecule has 1 atom stereocenters. The maximum absolute atomic E-state index is 11.5. The van der Waals surface area contributed by atoms with Crippen LogP contribution < -0.4 is 0 Å². The summed E-state index contributed by atoms with van der Waals surface area (Å²) in [6.07, 6.45) is 0. The highest BCUT2D eigenvalue weighted by Crippen LogP contribution is 2.12. The second kappa shape index (κ2) is 5.52. The van der Waals surface area contributed by atoms with Crippen LogP contribution in [0.2, 0.25) is 0 Å². The van der Waals surface area contributed by atoms with Crippen LogP contribution in [0.15, 0.2) is 28.7 Å². The first-order chi connectivity index (χ1) is 7.00. The summed E-state index contributed by atoms with van der Waals surface area (Å²) in [5.74, 6) is -0.0559. The third-order valence-corrected chi connectivity index (χ3v) is 2.76. The van der Waals surface area contributed by atoms with E-state index in [2.05, 4.69) is 15.9 Å². The highest BCUT2D eigenvalue weighted by atomic mass is 79.9. The van der Waals surface area contributed by atoms with E-state index in [9.17, 15) is 4.79 Å². The van der Waals surface area contributed by atoms with Gasteiger partial charge in [0.1, 0.15) is 5.38 Å². The first kappa shape index (κ1) is 12.5. The predicted octanol–water partition coefficient (Wildman–Crippen LogP) is 3.03. The first-order valence-corrected chi connectivity index (χ1v) is 5.87. The number of halogens is 2. The van der Waals surface area contributed by atoms with Gasteiger partial charge in [-0.25, -0.2) is 0 Å². The molecule has 1 aromatic rings. The van der Waals surface area contributed by atoms with Crippen LogP contribution in [-0.4, -0.2) is 23.2 Å². The number of alkyl halides is 1. The van der Waals surface area contributed by atoms with Gasteiger partial charge < -0.3 is 4.90 Å². The monoisotopic (exact) mass is 289 g/mol. The minimum atomic E-state index is -0.467. The SMILES string of the molecule is C[C@H](Cl)C(=O)N(C)Cc1ccc(Br)cc1. The minimum absolute atomic E-state index is 0.0559. The van der Waals surface area contributed by atoms with E-state index < -0.39 is 5.38 Å². The van der Waals surface area contributed by atoms with E-state index in [0.29, 0.717) is 6.54 Å². The van der Waals surface area contributed by atoms with E-state index in [1.807, 2.05) is 24.3 Å². The van der Waals surface area contributed by atoms with Gasteiger partial charge in [0.25, 0.3) is 0 Å². The summed E-state index contributed by atoms with van der Waals surface area (Å²) in [7, 11) is 1.75. The molecule has 0 fully saturated rings. The summed E-state index contributed by atoms with van der Waals surface area (Å²) < 4.78 is 1.03. The molecule has 0 unspecified atom stereocenters. The van der Waals surface area contributed by atoms with Gasteiger partial charge in [0.05, 0.1) is 0 Å². The lowest BCUT2D eigenvalue weighted by molar-refractivity contribution is -0.129. The zero-order valence-corrected chi connectivity index (χ0v) is 11.0. The van der Waals surface area contributed by atoms with Gasteiger partial charge in [0.15, 0.2) is 0 Å². The lowest BCUT2D eigenvalue weighted by atomic mass is 10.2. The number of amides is 1. The zero-order chi connectivity index (χ0) is 11.4. The van der Waals surface area contributed by atoms with Crippen LogP contribution in [-0.2, 0) is 11.3 Å². The molecule has 1 amide bonds. The van der Waals surface area contributed by atoms with Crippen LogP contribution in [0, 0.1) is 0 Å². The van der Waals surface area contributed by atoms with Crippen molar-refractivity contribution < 1.29 is 4.79 Å². The average molecular weight is 291 g/mol. The van der Waals surface area contributed by atoms with E-state index in [-0.39, 0.29) is 5.91 Å². The highest BCUT2D eigenvalue weighted by Gasteiger charge is 2.14. The molecule has 0 aromatic heterocycles. The number of carbonyl (C=O) groups excluding carboxylic acids is 1. The Balaban J connectivity index is 2.62. The predicted molar refractivity (Wildman–Crippen MR) is 65.9 cm³/mol. The van der Waals surface area contributed by atoms with Crippen LogP contribution in [0.25, 0.3) is 0 Å². The van der Waals surface area contributed by atoms with Gasteiger partial charge >= 0.3 is 0 Å². The Labute approximate surface area is 103 Å². The molecule has 0 spiro atoms. The molecule has 1 rings (SSSR count). The molecule has 0 saturated carbocycles. The summed E-state index contributed by atoms with van der Waals surface area (Å²) >= 11 is 9.08. The van der Waals surface area contributed by atoms with Gasteiger partial charge in [-0.3, -0.25) is 4.79 Å². The molecule has 0 bridgehead atoms. The van der Waals surface area contributed by atoms with Crippen molar-refractivity contribution in [3.63, 3.8) is 0 Å². The maximum atomic E-state index is 11.5. The normalized spacial score (nSPS) is 12.3. The third kappa shape index (κ3) is 3.84. The molecule has 0 heterocycles. The van der Waals surface area contributed by atoms with Gasteiger partial charge in [0.2, 0.25) is 5.91 Å². The topological polar surface area (TPSA) is 20.3 Å². The molecule has 1 aromatic carbocycles. The van der Waals surface area contributed by atoms with Crippen LogP contribution in [0.3, 0.4) is 0 Å².